The Balaban J connectivity index is 1.58. The number of anilines is 1. The third-order valence-electron chi connectivity index (χ3n) is 5.81. The normalized spacial score (nSPS) is 11.5. The summed E-state index contributed by atoms with van der Waals surface area (Å²) in [6, 6.07) is 10.6. The van der Waals surface area contributed by atoms with Gasteiger partial charge in [-0.2, -0.15) is 0 Å². The highest BCUT2D eigenvalue weighted by molar-refractivity contribution is 7.91. The van der Waals surface area contributed by atoms with E-state index in [9.17, 15) is 13.2 Å². The number of sulfone groups is 1. The highest BCUT2D eigenvalue weighted by Crippen LogP contribution is 2.25. The molecule has 0 spiro atoms. The number of nitrogens with two attached hydrogens (primary N) is 1. The minimum Gasteiger partial charge on any atom is -0.384 e. The van der Waals surface area contributed by atoms with E-state index in [2.05, 4.69) is 20.3 Å². The molecule has 0 saturated carbocycles. The van der Waals surface area contributed by atoms with Crippen LogP contribution in [0.4, 0.5) is 5.82 Å². The summed E-state index contributed by atoms with van der Waals surface area (Å²) < 4.78 is 24.8. The Morgan fingerprint density at radius 1 is 1.06 bits per heavy atom. The number of carbonyl (C=O) groups is 1. The lowest BCUT2D eigenvalue weighted by molar-refractivity contribution is 0.0950. The van der Waals surface area contributed by atoms with Crippen LogP contribution in [0, 0.1) is 20.8 Å². The van der Waals surface area contributed by atoms with Gasteiger partial charge in [-0.1, -0.05) is 0 Å². The van der Waals surface area contributed by atoms with Gasteiger partial charge in [0.05, 0.1) is 10.4 Å². The predicted octanol–water partition coefficient (Wildman–Crippen LogP) is 3.46. The van der Waals surface area contributed by atoms with Crippen LogP contribution in [-0.2, 0) is 22.8 Å². The fourth-order valence-corrected chi connectivity index (χ4v) is 5.01. The first-order valence-electron chi connectivity index (χ1n) is 11.1. The molecule has 0 saturated heterocycles. The molecule has 4 rings (SSSR count). The molecular weight excluding hydrogens is 462 g/mol. The van der Waals surface area contributed by atoms with Crippen LogP contribution in [0.25, 0.3) is 10.9 Å². The van der Waals surface area contributed by atoms with E-state index in [0.29, 0.717) is 35.6 Å². The Labute approximate surface area is 204 Å². The van der Waals surface area contributed by atoms with Gasteiger partial charge in [0, 0.05) is 54.0 Å². The fourth-order valence-electron chi connectivity index (χ4n) is 4.12. The van der Waals surface area contributed by atoms with Crippen LogP contribution < -0.4 is 11.1 Å². The standard InChI is InChI=1S/C26H27N5O3S/c1-15-7-20-9-18(11-23(35(4,33)34)25(20)29-13-15)10-21-12-19(5-6-28-21)26(32)30-14-22-16(2)8-24(27)31-17(22)3/h5-9,11-13H,10,14H2,1-4H3,(H2,27,31)(H,30,32). The Bertz CT molecular complexity index is 1540. The number of nitrogens with one attached hydrogen (secondary N) is 1. The molecule has 0 fully saturated rings. The van der Waals surface area contributed by atoms with Gasteiger partial charge >= 0.3 is 0 Å². The highest BCUT2D eigenvalue weighted by Gasteiger charge is 2.16. The number of hydrogen-bond acceptors (Lipinski definition) is 7. The number of fused-ring (bicyclic) bond motifs is 1. The summed E-state index contributed by atoms with van der Waals surface area (Å²) in [5, 5.41) is 3.68. The quantitative estimate of drug-likeness (QED) is 0.424. The van der Waals surface area contributed by atoms with Crippen molar-refractivity contribution >= 4 is 32.5 Å². The maximum Gasteiger partial charge on any atom is 0.251 e. The summed E-state index contributed by atoms with van der Waals surface area (Å²) in [5.41, 5.74) is 11.7. The number of aryl methyl sites for hydroxylation is 3. The number of aromatic nitrogens is 3. The molecule has 0 atom stereocenters. The monoisotopic (exact) mass is 489 g/mol. The molecular formula is C26H27N5O3S. The van der Waals surface area contributed by atoms with Crippen LogP contribution in [0.15, 0.2) is 53.7 Å². The molecule has 1 aromatic carbocycles. The van der Waals surface area contributed by atoms with Crippen molar-refractivity contribution in [3.05, 3.63) is 88.0 Å². The largest absolute Gasteiger partial charge is 0.384 e. The lowest BCUT2D eigenvalue weighted by Crippen LogP contribution is -2.24. The van der Waals surface area contributed by atoms with Crippen molar-refractivity contribution in [2.45, 2.75) is 38.6 Å². The van der Waals surface area contributed by atoms with Crippen LogP contribution in [0.1, 0.15) is 44.0 Å². The number of benzene rings is 1. The molecule has 8 nitrogen and oxygen atoms in total. The Morgan fingerprint density at radius 3 is 2.54 bits per heavy atom. The second-order valence-corrected chi connectivity index (χ2v) is 10.8. The summed E-state index contributed by atoms with van der Waals surface area (Å²) in [7, 11) is -3.48. The third-order valence-corrected chi connectivity index (χ3v) is 6.92. The highest BCUT2D eigenvalue weighted by atomic mass is 32.2. The Morgan fingerprint density at radius 2 is 1.83 bits per heavy atom. The molecule has 3 aromatic heterocycles. The first-order chi connectivity index (χ1) is 16.5. The second kappa shape index (κ2) is 9.42. The van der Waals surface area contributed by atoms with E-state index in [1.54, 1.807) is 36.7 Å². The van der Waals surface area contributed by atoms with Crippen molar-refractivity contribution in [3.63, 3.8) is 0 Å². The number of hydrogen-bond donors (Lipinski definition) is 2. The molecule has 35 heavy (non-hydrogen) atoms. The van der Waals surface area contributed by atoms with Gasteiger partial charge in [-0.25, -0.2) is 13.4 Å². The van der Waals surface area contributed by atoms with Gasteiger partial charge < -0.3 is 11.1 Å². The molecule has 9 heteroatoms. The first kappa shape index (κ1) is 24.3. The van der Waals surface area contributed by atoms with Crippen molar-refractivity contribution in [2.24, 2.45) is 0 Å². The summed E-state index contributed by atoms with van der Waals surface area (Å²) >= 11 is 0. The van der Waals surface area contributed by atoms with E-state index >= 15 is 0 Å². The van der Waals surface area contributed by atoms with E-state index in [-0.39, 0.29) is 10.8 Å². The van der Waals surface area contributed by atoms with Crippen molar-refractivity contribution in [1.82, 2.24) is 20.3 Å². The Hall–Kier alpha value is -3.85. The molecule has 0 aliphatic rings. The summed E-state index contributed by atoms with van der Waals surface area (Å²) in [6.45, 7) is 6.03. The molecule has 0 aliphatic carbocycles. The van der Waals surface area contributed by atoms with Crippen LogP contribution in [0.2, 0.25) is 0 Å². The van der Waals surface area contributed by atoms with Crippen molar-refractivity contribution in [2.75, 3.05) is 12.0 Å². The summed E-state index contributed by atoms with van der Waals surface area (Å²) in [4.78, 5) is 26.0. The molecule has 4 aromatic rings. The van der Waals surface area contributed by atoms with Crippen LogP contribution in [0.3, 0.4) is 0 Å². The van der Waals surface area contributed by atoms with Crippen LogP contribution in [-0.4, -0.2) is 35.5 Å². The van der Waals surface area contributed by atoms with Crippen LogP contribution in [0.5, 0.6) is 0 Å². The van der Waals surface area contributed by atoms with Crippen LogP contribution >= 0.6 is 0 Å². The minimum atomic E-state index is -3.48. The number of rotatable bonds is 6. The maximum atomic E-state index is 12.8. The zero-order valence-electron chi connectivity index (χ0n) is 20.1. The van der Waals surface area contributed by atoms with Gasteiger partial charge in [0.15, 0.2) is 9.84 Å². The Kier molecular flexibility index (Phi) is 6.53. The molecule has 0 unspecified atom stereocenters. The summed E-state index contributed by atoms with van der Waals surface area (Å²) in [6.07, 6.45) is 4.78. The second-order valence-electron chi connectivity index (χ2n) is 8.77. The van der Waals surface area contributed by atoms with E-state index < -0.39 is 9.84 Å². The average molecular weight is 490 g/mol. The lowest BCUT2D eigenvalue weighted by atomic mass is 10.0. The number of pyridine rings is 3. The molecule has 0 bridgehead atoms. The topological polar surface area (TPSA) is 128 Å². The molecule has 3 heterocycles. The molecule has 3 N–H and O–H groups in total. The maximum absolute atomic E-state index is 12.8. The molecule has 0 aliphatic heterocycles. The first-order valence-corrected chi connectivity index (χ1v) is 13.0. The third kappa shape index (κ3) is 5.46. The number of carbonyl (C=O) groups excluding carboxylic acids is 1. The van der Waals surface area contributed by atoms with Gasteiger partial charge in [0.2, 0.25) is 0 Å². The SMILES string of the molecule is Cc1cnc2c(S(C)(=O)=O)cc(Cc3cc(C(=O)NCc4c(C)cc(N)nc4C)ccn3)cc2c1. The number of amides is 1. The predicted molar refractivity (Wildman–Crippen MR) is 136 cm³/mol. The van der Waals surface area contributed by atoms with E-state index in [1.807, 2.05) is 32.9 Å². The number of nitrogens with zero attached hydrogens (tertiary/aromatic N) is 3. The van der Waals surface area contributed by atoms with Crippen molar-refractivity contribution < 1.29 is 13.2 Å². The fraction of sp³-hybridized carbons (Fsp3) is 0.231. The number of nitrogen functional groups attached to an aromatic ring is 1. The molecule has 180 valence electrons. The van der Waals surface area contributed by atoms with Gasteiger partial charge in [-0.15, -0.1) is 0 Å². The zero-order valence-corrected chi connectivity index (χ0v) is 20.9. The molecule has 1 amide bonds. The molecule has 0 radical (unpaired) electrons. The zero-order chi connectivity index (χ0) is 25.3. The van der Waals surface area contributed by atoms with Gasteiger partial charge in [0.25, 0.3) is 5.91 Å². The van der Waals surface area contributed by atoms with E-state index in [0.717, 1.165) is 33.3 Å². The van der Waals surface area contributed by atoms with E-state index in [4.69, 9.17) is 5.73 Å². The average Bonchev–Trinajstić information content (AvgIpc) is 2.77. The van der Waals surface area contributed by atoms with Gasteiger partial charge in [-0.3, -0.25) is 14.8 Å². The lowest BCUT2D eigenvalue weighted by Gasteiger charge is -2.12. The van der Waals surface area contributed by atoms with E-state index in [1.165, 1.54) is 6.26 Å². The smallest absolute Gasteiger partial charge is 0.251 e. The van der Waals surface area contributed by atoms with Crippen molar-refractivity contribution in [1.29, 1.82) is 0 Å². The van der Waals surface area contributed by atoms with Gasteiger partial charge in [0.1, 0.15) is 5.82 Å². The van der Waals surface area contributed by atoms with Gasteiger partial charge in [-0.05, 0) is 79.4 Å². The minimum absolute atomic E-state index is 0.182. The summed E-state index contributed by atoms with van der Waals surface area (Å²) in [5.74, 6) is 0.215. The van der Waals surface area contributed by atoms with Crippen molar-refractivity contribution in [3.8, 4) is 0 Å².